The second-order valence-electron chi connectivity index (χ2n) is 8.68. The molecule has 0 aliphatic heterocycles. The Labute approximate surface area is 221 Å². The number of aliphatic carboxylic acids is 1. The molecule has 9 heteroatoms. The van der Waals surface area contributed by atoms with Crippen molar-refractivity contribution in [2.24, 2.45) is 0 Å². The molecule has 4 amide bonds. The largest absolute Gasteiger partial charge is 0.481 e. The zero-order chi connectivity index (χ0) is 27.2. The van der Waals surface area contributed by atoms with Gasteiger partial charge in [0.2, 0.25) is 11.8 Å². The van der Waals surface area contributed by atoms with Gasteiger partial charge in [0.05, 0.1) is 19.0 Å². The summed E-state index contributed by atoms with van der Waals surface area (Å²) in [5, 5.41) is 19.9. The van der Waals surface area contributed by atoms with E-state index >= 15 is 0 Å². The first kappa shape index (κ1) is 27.9. The highest BCUT2D eigenvalue weighted by Gasteiger charge is 2.18. The summed E-state index contributed by atoms with van der Waals surface area (Å²) in [6, 6.07) is 25.5. The third kappa shape index (κ3) is 9.77. The lowest BCUT2D eigenvalue weighted by Gasteiger charge is -2.18. The van der Waals surface area contributed by atoms with Crippen molar-refractivity contribution in [2.75, 3.05) is 13.1 Å². The van der Waals surface area contributed by atoms with E-state index in [-0.39, 0.29) is 31.3 Å². The van der Waals surface area contributed by atoms with E-state index in [0.717, 1.165) is 16.7 Å². The van der Waals surface area contributed by atoms with Crippen molar-refractivity contribution in [3.63, 3.8) is 0 Å². The normalized spacial score (nSPS) is 11.2. The molecule has 1 atom stereocenters. The molecule has 3 aromatic carbocycles. The SMILES string of the molecule is O=C(O)CC(NC(=O)CNC(=O)CCCNC(=O)NCc1ccccc1)c1ccc(-c2ccccc2)cc1. The Morgan fingerprint density at radius 1 is 0.711 bits per heavy atom. The average Bonchev–Trinajstić information content (AvgIpc) is 2.93. The Hall–Kier alpha value is -4.66. The van der Waals surface area contributed by atoms with Gasteiger partial charge in [-0.05, 0) is 28.7 Å². The van der Waals surface area contributed by atoms with E-state index in [0.29, 0.717) is 25.1 Å². The number of nitrogens with one attached hydrogen (secondary N) is 4. The van der Waals surface area contributed by atoms with Gasteiger partial charge in [-0.25, -0.2) is 4.79 Å². The van der Waals surface area contributed by atoms with Crippen LogP contribution in [-0.4, -0.2) is 42.0 Å². The van der Waals surface area contributed by atoms with E-state index in [1.807, 2.05) is 72.8 Å². The Balaban J connectivity index is 1.38. The van der Waals surface area contributed by atoms with Crippen LogP contribution in [0, 0.1) is 0 Å². The van der Waals surface area contributed by atoms with Crippen LogP contribution in [0.1, 0.15) is 36.4 Å². The van der Waals surface area contributed by atoms with Crippen LogP contribution in [-0.2, 0) is 20.9 Å². The third-order valence-electron chi connectivity index (χ3n) is 5.74. The van der Waals surface area contributed by atoms with Crippen LogP contribution < -0.4 is 21.3 Å². The second kappa shape index (κ2) is 14.8. The van der Waals surface area contributed by atoms with Gasteiger partial charge in [0.25, 0.3) is 0 Å². The van der Waals surface area contributed by atoms with E-state index in [1.165, 1.54) is 0 Å². The zero-order valence-corrected chi connectivity index (χ0v) is 21.0. The van der Waals surface area contributed by atoms with Crippen molar-refractivity contribution < 1.29 is 24.3 Å². The fourth-order valence-electron chi connectivity index (χ4n) is 3.77. The van der Waals surface area contributed by atoms with Crippen molar-refractivity contribution >= 4 is 23.8 Å². The first-order valence-electron chi connectivity index (χ1n) is 12.4. The van der Waals surface area contributed by atoms with Gasteiger partial charge in [0.15, 0.2) is 0 Å². The Kier molecular flexibility index (Phi) is 10.9. The van der Waals surface area contributed by atoms with E-state index < -0.39 is 17.9 Å². The summed E-state index contributed by atoms with van der Waals surface area (Å²) in [6.45, 7) is 0.435. The molecule has 0 aliphatic rings. The number of hydrogen-bond donors (Lipinski definition) is 5. The highest BCUT2D eigenvalue weighted by atomic mass is 16.4. The molecule has 0 bridgehead atoms. The number of carboxylic acids is 1. The average molecular weight is 517 g/mol. The van der Waals surface area contributed by atoms with Crippen molar-refractivity contribution in [3.8, 4) is 11.1 Å². The molecule has 5 N–H and O–H groups in total. The van der Waals surface area contributed by atoms with Crippen molar-refractivity contribution in [2.45, 2.75) is 31.8 Å². The monoisotopic (exact) mass is 516 g/mol. The lowest BCUT2D eigenvalue weighted by molar-refractivity contribution is -0.138. The number of urea groups is 1. The predicted octanol–water partition coefficient (Wildman–Crippen LogP) is 3.38. The summed E-state index contributed by atoms with van der Waals surface area (Å²) in [7, 11) is 0. The van der Waals surface area contributed by atoms with Crippen LogP contribution in [0.4, 0.5) is 4.79 Å². The molecule has 0 radical (unpaired) electrons. The molecule has 9 nitrogen and oxygen atoms in total. The van der Waals surface area contributed by atoms with Crippen LogP contribution >= 0.6 is 0 Å². The maximum Gasteiger partial charge on any atom is 0.315 e. The maximum absolute atomic E-state index is 12.4. The Morgan fingerprint density at radius 3 is 2.00 bits per heavy atom. The molecular weight excluding hydrogens is 484 g/mol. The van der Waals surface area contributed by atoms with Crippen LogP contribution in [0.15, 0.2) is 84.9 Å². The molecule has 0 heterocycles. The number of carbonyl (C=O) groups is 4. The standard InChI is InChI=1S/C29H32N4O5/c34-26(12-7-17-30-29(38)32-19-21-8-3-1-4-9-21)31-20-27(35)33-25(18-28(36)37)24-15-13-23(14-16-24)22-10-5-2-6-11-22/h1-6,8-11,13-16,25H,7,12,17-20H2,(H,31,34)(H,33,35)(H,36,37)(H2,30,32,38). The van der Waals surface area contributed by atoms with Gasteiger partial charge >= 0.3 is 12.0 Å². The van der Waals surface area contributed by atoms with E-state index in [1.54, 1.807) is 12.1 Å². The molecule has 0 spiro atoms. The molecule has 198 valence electrons. The highest BCUT2D eigenvalue weighted by molar-refractivity contribution is 5.85. The first-order chi connectivity index (χ1) is 18.4. The lowest BCUT2D eigenvalue weighted by Crippen LogP contribution is -2.39. The van der Waals surface area contributed by atoms with Crippen LogP contribution in [0.25, 0.3) is 11.1 Å². The van der Waals surface area contributed by atoms with Gasteiger partial charge in [0.1, 0.15) is 0 Å². The molecule has 0 fully saturated rings. The number of hydrogen-bond acceptors (Lipinski definition) is 4. The fraction of sp³-hybridized carbons (Fsp3) is 0.241. The Morgan fingerprint density at radius 2 is 1.34 bits per heavy atom. The molecule has 0 saturated heterocycles. The van der Waals surface area contributed by atoms with Crippen LogP contribution in [0.3, 0.4) is 0 Å². The van der Waals surface area contributed by atoms with E-state index in [4.69, 9.17) is 0 Å². The van der Waals surface area contributed by atoms with E-state index in [9.17, 15) is 24.3 Å². The number of carbonyl (C=O) groups excluding carboxylic acids is 3. The minimum absolute atomic E-state index is 0.131. The summed E-state index contributed by atoms with van der Waals surface area (Å²) in [5.41, 5.74) is 3.65. The predicted molar refractivity (Wildman–Crippen MR) is 144 cm³/mol. The zero-order valence-electron chi connectivity index (χ0n) is 21.0. The van der Waals surface area contributed by atoms with Crippen molar-refractivity contribution in [1.29, 1.82) is 0 Å². The number of amides is 4. The topological polar surface area (TPSA) is 137 Å². The van der Waals surface area contributed by atoms with Crippen molar-refractivity contribution in [3.05, 3.63) is 96.1 Å². The molecule has 0 saturated carbocycles. The van der Waals surface area contributed by atoms with Gasteiger partial charge in [-0.3, -0.25) is 14.4 Å². The minimum atomic E-state index is -1.05. The van der Waals surface area contributed by atoms with Crippen molar-refractivity contribution in [1.82, 2.24) is 21.3 Å². The van der Waals surface area contributed by atoms with Gasteiger partial charge in [-0.1, -0.05) is 84.9 Å². The molecule has 3 rings (SSSR count). The van der Waals surface area contributed by atoms with Crippen LogP contribution in [0.5, 0.6) is 0 Å². The van der Waals surface area contributed by atoms with Gasteiger partial charge in [0, 0.05) is 19.5 Å². The van der Waals surface area contributed by atoms with Crippen LogP contribution in [0.2, 0.25) is 0 Å². The molecule has 0 aromatic heterocycles. The molecule has 38 heavy (non-hydrogen) atoms. The van der Waals surface area contributed by atoms with Gasteiger partial charge in [-0.15, -0.1) is 0 Å². The third-order valence-corrected chi connectivity index (χ3v) is 5.74. The van der Waals surface area contributed by atoms with Gasteiger partial charge in [-0.2, -0.15) is 0 Å². The number of benzene rings is 3. The summed E-state index contributed by atoms with van der Waals surface area (Å²) >= 11 is 0. The number of carboxylic acid groups (broad SMARTS) is 1. The molecule has 0 aliphatic carbocycles. The Bertz CT molecular complexity index is 1200. The second-order valence-corrected chi connectivity index (χ2v) is 8.68. The quantitative estimate of drug-likeness (QED) is 0.222. The summed E-state index contributed by atoms with van der Waals surface area (Å²) in [6.07, 6.45) is 0.246. The summed E-state index contributed by atoms with van der Waals surface area (Å²) in [5.74, 6) is -1.88. The molecule has 3 aromatic rings. The minimum Gasteiger partial charge on any atom is -0.481 e. The summed E-state index contributed by atoms with van der Waals surface area (Å²) in [4.78, 5) is 47.7. The first-order valence-corrected chi connectivity index (χ1v) is 12.4. The molecule has 1 unspecified atom stereocenters. The van der Waals surface area contributed by atoms with Gasteiger partial charge < -0.3 is 26.4 Å². The maximum atomic E-state index is 12.4. The smallest absolute Gasteiger partial charge is 0.315 e. The summed E-state index contributed by atoms with van der Waals surface area (Å²) < 4.78 is 0. The number of rotatable bonds is 13. The lowest BCUT2D eigenvalue weighted by atomic mass is 9.99. The fourth-order valence-corrected chi connectivity index (χ4v) is 3.77. The van der Waals surface area contributed by atoms with E-state index in [2.05, 4.69) is 21.3 Å². The highest BCUT2D eigenvalue weighted by Crippen LogP contribution is 2.23. The molecular formula is C29H32N4O5.